The zero-order valence-electron chi connectivity index (χ0n) is 16.7. The van der Waals surface area contributed by atoms with Crippen LogP contribution in [0.5, 0.6) is 17.2 Å². The number of carbonyl (C=O) groups is 1. The van der Waals surface area contributed by atoms with Crippen molar-refractivity contribution in [3.63, 3.8) is 0 Å². The quantitative estimate of drug-likeness (QED) is 0.184. The molecule has 0 aliphatic heterocycles. The molecule has 0 saturated heterocycles. The first-order valence-corrected chi connectivity index (χ1v) is 10.3. The molecule has 28 heavy (non-hydrogen) atoms. The van der Waals surface area contributed by atoms with Gasteiger partial charge < -0.3 is 14.2 Å². The van der Waals surface area contributed by atoms with E-state index in [9.17, 15) is 4.79 Å². The van der Waals surface area contributed by atoms with Crippen molar-refractivity contribution in [1.29, 1.82) is 0 Å². The molecule has 0 N–H and O–H groups in total. The normalized spacial score (nSPS) is 10.9. The molecule has 2 aromatic rings. The first-order valence-electron chi connectivity index (χ1n) is 9.50. The fourth-order valence-corrected chi connectivity index (χ4v) is 3.19. The highest BCUT2D eigenvalue weighted by Crippen LogP contribution is 2.29. The molecule has 0 aliphatic carbocycles. The Morgan fingerprint density at radius 1 is 1.04 bits per heavy atom. The van der Waals surface area contributed by atoms with E-state index < -0.39 is 5.97 Å². The van der Waals surface area contributed by atoms with Crippen LogP contribution in [0.3, 0.4) is 0 Å². The number of benzene rings is 2. The van der Waals surface area contributed by atoms with Crippen molar-refractivity contribution in [1.82, 2.24) is 0 Å². The van der Waals surface area contributed by atoms with Gasteiger partial charge >= 0.3 is 5.97 Å². The van der Waals surface area contributed by atoms with Crippen molar-refractivity contribution in [3.05, 3.63) is 58.1 Å². The minimum atomic E-state index is -0.445. The number of carbonyl (C=O) groups excluding carboxylic acids is 1. The van der Waals surface area contributed by atoms with Crippen LogP contribution in [0.2, 0.25) is 0 Å². The molecule has 5 heteroatoms. The Kier molecular flexibility index (Phi) is 9.08. The Morgan fingerprint density at radius 2 is 1.82 bits per heavy atom. The Hall–Kier alpha value is -2.27. The number of ether oxygens (including phenoxy) is 3. The van der Waals surface area contributed by atoms with Gasteiger partial charge in [-0.2, -0.15) is 0 Å². The Labute approximate surface area is 175 Å². The lowest BCUT2D eigenvalue weighted by Gasteiger charge is -2.11. The zero-order valence-corrected chi connectivity index (χ0v) is 18.3. The molecule has 0 unspecified atom stereocenters. The second-order valence-electron chi connectivity index (χ2n) is 6.51. The van der Waals surface area contributed by atoms with E-state index in [0.29, 0.717) is 23.9 Å². The number of hydrogen-bond acceptors (Lipinski definition) is 4. The fraction of sp³-hybridized carbons (Fsp3) is 0.348. The number of rotatable bonds is 10. The fourth-order valence-electron chi connectivity index (χ4n) is 2.61. The largest absolute Gasteiger partial charge is 0.493 e. The minimum Gasteiger partial charge on any atom is -0.493 e. The Bertz CT molecular complexity index is 814. The highest BCUT2D eigenvalue weighted by Gasteiger charge is 2.07. The maximum absolute atomic E-state index is 12.1. The van der Waals surface area contributed by atoms with E-state index in [1.54, 1.807) is 19.3 Å². The van der Waals surface area contributed by atoms with E-state index in [2.05, 4.69) is 22.9 Å². The molecule has 0 amide bonds. The van der Waals surface area contributed by atoms with Crippen molar-refractivity contribution in [2.75, 3.05) is 13.7 Å². The first-order chi connectivity index (χ1) is 13.5. The molecular formula is C23H27BrO4. The molecule has 150 valence electrons. The molecule has 0 atom stereocenters. The van der Waals surface area contributed by atoms with Crippen molar-refractivity contribution in [2.24, 2.45) is 0 Å². The predicted octanol–water partition coefficient (Wildman–Crippen LogP) is 6.34. The van der Waals surface area contributed by atoms with Crippen molar-refractivity contribution < 1.29 is 19.0 Å². The summed E-state index contributed by atoms with van der Waals surface area (Å²) in [6.45, 7) is 4.83. The number of esters is 1. The van der Waals surface area contributed by atoms with Gasteiger partial charge in [0.25, 0.3) is 0 Å². The molecule has 2 aromatic carbocycles. The second-order valence-corrected chi connectivity index (χ2v) is 7.36. The molecule has 4 nitrogen and oxygen atoms in total. The van der Waals surface area contributed by atoms with Gasteiger partial charge in [0.15, 0.2) is 11.5 Å². The average molecular weight is 447 g/mol. The lowest BCUT2D eigenvalue weighted by Crippen LogP contribution is -2.04. The highest BCUT2D eigenvalue weighted by molar-refractivity contribution is 9.10. The third kappa shape index (κ3) is 7.04. The summed E-state index contributed by atoms with van der Waals surface area (Å²) in [5.41, 5.74) is 1.91. The maximum Gasteiger partial charge on any atom is 0.336 e. The van der Waals surface area contributed by atoms with Crippen LogP contribution < -0.4 is 14.2 Å². The van der Waals surface area contributed by atoms with Gasteiger partial charge in [-0.3, -0.25) is 0 Å². The number of hydrogen-bond donors (Lipinski definition) is 0. The second kappa shape index (κ2) is 11.5. The van der Waals surface area contributed by atoms with E-state index in [1.165, 1.54) is 25.3 Å². The molecular weight excluding hydrogens is 420 g/mol. The van der Waals surface area contributed by atoms with E-state index in [-0.39, 0.29) is 0 Å². The monoisotopic (exact) mass is 446 g/mol. The summed E-state index contributed by atoms with van der Waals surface area (Å²) in [7, 11) is 1.61. The van der Waals surface area contributed by atoms with Crippen LogP contribution in [0, 0.1) is 6.92 Å². The van der Waals surface area contributed by atoms with Crippen LogP contribution in [-0.2, 0) is 4.79 Å². The van der Waals surface area contributed by atoms with Crippen LogP contribution in [-0.4, -0.2) is 19.7 Å². The van der Waals surface area contributed by atoms with Gasteiger partial charge in [-0.15, -0.1) is 0 Å². The summed E-state index contributed by atoms with van der Waals surface area (Å²) >= 11 is 3.40. The van der Waals surface area contributed by atoms with Crippen LogP contribution in [0.4, 0.5) is 0 Å². The molecule has 0 bridgehead atoms. The molecule has 0 aromatic heterocycles. The third-order valence-electron chi connectivity index (χ3n) is 4.15. The van der Waals surface area contributed by atoms with Crippen LogP contribution >= 0.6 is 15.9 Å². The van der Waals surface area contributed by atoms with Crippen LogP contribution in [0.1, 0.15) is 43.7 Å². The summed E-state index contributed by atoms with van der Waals surface area (Å²) < 4.78 is 17.3. The molecule has 0 aliphatic rings. The van der Waals surface area contributed by atoms with Gasteiger partial charge in [-0.1, -0.05) is 38.3 Å². The number of methoxy groups -OCH3 is 1. The molecule has 2 rings (SSSR count). The lowest BCUT2D eigenvalue weighted by atomic mass is 10.2. The summed E-state index contributed by atoms with van der Waals surface area (Å²) in [5, 5.41) is 0. The third-order valence-corrected chi connectivity index (χ3v) is 4.77. The predicted molar refractivity (Wildman–Crippen MR) is 116 cm³/mol. The SMILES string of the molecule is CCCCCCOc1ccc(/C=C/C(=O)Oc2ccc(C)cc2Br)cc1OC. The Balaban J connectivity index is 1.96. The van der Waals surface area contributed by atoms with Gasteiger partial charge in [0, 0.05) is 6.08 Å². The lowest BCUT2D eigenvalue weighted by molar-refractivity contribution is -0.128. The van der Waals surface area contributed by atoms with Crippen molar-refractivity contribution >= 4 is 28.0 Å². The summed E-state index contributed by atoms with van der Waals surface area (Å²) in [4.78, 5) is 12.1. The minimum absolute atomic E-state index is 0.445. The van der Waals surface area contributed by atoms with E-state index >= 15 is 0 Å². The molecule has 0 heterocycles. The van der Waals surface area contributed by atoms with Gasteiger partial charge in [0.05, 0.1) is 18.2 Å². The Morgan fingerprint density at radius 3 is 2.54 bits per heavy atom. The van der Waals surface area contributed by atoms with E-state index in [4.69, 9.17) is 14.2 Å². The zero-order chi connectivity index (χ0) is 20.4. The van der Waals surface area contributed by atoms with Gasteiger partial charge in [-0.05, 0) is 70.7 Å². The average Bonchev–Trinajstić information content (AvgIpc) is 2.69. The summed E-state index contributed by atoms with van der Waals surface area (Å²) in [6, 6.07) is 11.1. The standard InChI is InChI=1S/C23H27BrO4/c1-4-5-6-7-14-27-21-12-9-18(16-22(21)26-3)10-13-23(25)28-20-11-8-17(2)15-19(20)24/h8-13,15-16H,4-7,14H2,1-3H3/b13-10+. The van der Waals surface area contributed by atoms with Gasteiger partial charge in [-0.25, -0.2) is 4.79 Å². The topological polar surface area (TPSA) is 44.8 Å². The molecule has 0 radical (unpaired) electrons. The van der Waals surface area contributed by atoms with E-state index in [0.717, 1.165) is 22.0 Å². The summed E-state index contributed by atoms with van der Waals surface area (Å²) in [6.07, 6.45) is 7.70. The first kappa shape index (κ1) is 22.0. The molecule has 0 saturated carbocycles. The number of aryl methyl sites for hydroxylation is 1. The maximum atomic E-state index is 12.1. The number of unbranched alkanes of at least 4 members (excludes halogenated alkanes) is 3. The van der Waals surface area contributed by atoms with Crippen LogP contribution in [0.25, 0.3) is 6.08 Å². The van der Waals surface area contributed by atoms with Crippen LogP contribution in [0.15, 0.2) is 46.9 Å². The van der Waals surface area contributed by atoms with Crippen molar-refractivity contribution in [3.8, 4) is 17.2 Å². The number of halogens is 1. The van der Waals surface area contributed by atoms with Gasteiger partial charge in [0.2, 0.25) is 0 Å². The smallest absolute Gasteiger partial charge is 0.336 e. The summed E-state index contributed by atoms with van der Waals surface area (Å²) in [5.74, 6) is 1.40. The molecule has 0 spiro atoms. The van der Waals surface area contributed by atoms with Crippen molar-refractivity contribution in [2.45, 2.75) is 39.5 Å². The van der Waals surface area contributed by atoms with Gasteiger partial charge in [0.1, 0.15) is 5.75 Å². The van der Waals surface area contributed by atoms with E-state index in [1.807, 2.05) is 37.3 Å². The highest BCUT2D eigenvalue weighted by atomic mass is 79.9. The molecule has 0 fully saturated rings.